The van der Waals surface area contributed by atoms with E-state index in [0.717, 1.165) is 6.08 Å². The molecule has 0 spiro atoms. The van der Waals surface area contributed by atoms with Crippen molar-refractivity contribution in [3.05, 3.63) is 12.2 Å². The van der Waals surface area contributed by atoms with Crippen molar-refractivity contribution in [2.24, 2.45) is 0 Å². The van der Waals surface area contributed by atoms with Crippen LogP contribution in [0.3, 0.4) is 0 Å². The second kappa shape index (κ2) is 6.47. The van der Waals surface area contributed by atoms with Crippen LogP contribution in [0.2, 0.25) is 0 Å². The van der Waals surface area contributed by atoms with Gasteiger partial charge >= 0.3 is 5.97 Å². The molecule has 0 amide bonds. The van der Waals surface area contributed by atoms with Gasteiger partial charge in [0.2, 0.25) is 0 Å². The van der Waals surface area contributed by atoms with Crippen molar-refractivity contribution < 1.29 is 9.90 Å². The molecule has 0 heterocycles. The molecule has 2 radical (unpaired) electrons. The second-order valence-electron chi connectivity index (χ2n) is 0.838. The fourth-order valence-corrected chi connectivity index (χ4v) is 0.143. The smallest absolute Gasteiger partial charge is 0.327 e. The molecule has 0 saturated heterocycles. The Labute approximate surface area is 72.2 Å². The molecule has 2 nitrogen and oxygen atoms in total. The summed E-state index contributed by atoms with van der Waals surface area (Å²) in [5, 5.41) is 7.83. The molecule has 1 N–H and O–H groups in total. The topological polar surface area (TPSA) is 37.3 Å². The minimum absolute atomic E-state index is 0. The van der Waals surface area contributed by atoms with Gasteiger partial charge in [-0.1, -0.05) is 6.08 Å². The first-order chi connectivity index (χ1) is 2.77. The summed E-state index contributed by atoms with van der Waals surface area (Å²) >= 11 is 0. The summed E-state index contributed by atoms with van der Waals surface area (Å²) in [6, 6.07) is 0. The molecule has 0 fully saturated rings. The van der Waals surface area contributed by atoms with Crippen LogP contribution in [-0.2, 0) is 4.79 Å². The third-order valence-electron chi connectivity index (χ3n) is 0.309. The third kappa shape index (κ3) is 10.7. The number of rotatable bonds is 1. The Kier molecular flexibility index (Phi) is 9.66. The molecule has 0 aliphatic carbocycles. The Morgan fingerprint density at radius 3 is 2.14 bits per heavy atom. The van der Waals surface area contributed by atoms with Gasteiger partial charge in [-0.25, -0.2) is 4.79 Å². The van der Waals surface area contributed by atoms with Crippen LogP contribution in [0.5, 0.6) is 0 Å². The number of hydrogen-bond donors (Lipinski definition) is 1. The number of carbonyl (C=O) groups is 1. The summed E-state index contributed by atoms with van der Waals surface area (Å²) in [5.41, 5.74) is 0. The van der Waals surface area contributed by atoms with E-state index < -0.39 is 5.97 Å². The van der Waals surface area contributed by atoms with Gasteiger partial charge in [0.1, 0.15) is 0 Å². The zero-order chi connectivity index (χ0) is 4.99. The molecule has 36 valence electrons. The van der Waals surface area contributed by atoms with Crippen molar-refractivity contribution in [3.63, 3.8) is 0 Å². The first-order valence-corrected chi connectivity index (χ1v) is 1.63. The van der Waals surface area contributed by atoms with Crippen LogP contribution in [0, 0.1) is 0 Å². The molecule has 3 heteroatoms. The molecule has 0 rings (SSSR count). The monoisotopic (exact) mass is 126 g/mol. The summed E-state index contributed by atoms with van der Waals surface area (Å²) < 4.78 is 0. The van der Waals surface area contributed by atoms with Crippen LogP contribution in [0.4, 0.5) is 0 Å². The van der Waals surface area contributed by atoms with Gasteiger partial charge in [-0.2, -0.15) is 0 Å². The van der Waals surface area contributed by atoms with Gasteiger partial charge in [0.25, 0.3) is 0 Å². The van der Waals surface area contributed by atoms with E-state index in [0.29, 0.717) is 0 Å². The van der Waals surface area contributed by atoms with E-state index in [4.69, 9.17) is 5.11 Å². The van der Waals surface area contributed by atoms with E-state index in [1.165, 1.54) is 6.08 Å². The summed E-state index contributed by atoms with van der Waals surface area (Å²) in [6.45, 7) is 1.66. The molecule has 0 aliphatic rings. The minimum Gasteiger partial charge on any atom is -0.478 e. The van der Waals surface area contributed by atoms with Gasteiger partial charge in [-0.15, -0.1) is 0 Å². The predicted octanol–water partition coefficient (Wildman–Crippen LogP) is 0.266. The van der Waals surface area contributed by atoms with Crippen LogP contribution in [0.15, 0.2) is 12.2 Å². The molecule has 0 saturated carbocycles. The maximum absolute atomic E-state index is 9.51. The van der Waals surface area contributed by atoms with E-state index in [1.54, 1.807) is 6.92 Å². The quantitative estimate of drug-likeness (QED) is 0.404. The van der Waals surface area contributed by atoms with Gasteiger partial charge in [0, 0.05) is 43.8 Å². The fourth-order valence-electron chi connectivity index (χ4n) is 0.143. The molecule has 0 aromatic carbocycles. The fraction of sp³-hybridized carbons (Fsp3) is 0.250. The van der Waals surface area contributed by atoms with Crippen molar-refractivity contribution in [1.29, 1.82) is 0 Å². The zero-order valence-corrected chi connectivity index (χ0v) is 6.43. The molecule has 0 aliphatic heterocycles. The molecule has 0 unspecified atom stereocenters. The van der Waals surface area contributed by atoms with Crippen molar-refractivity contribution in [1.82, 2.24) is 0 Å². The second-order valence-corrected chi connectivity index (χ2v) is 0.838. The van der Waals surface area contributed by atoms with Gasteiger partial charge < -0.3 is 5.11 Å². The van der Waals surface area contributed by atoms with Crippen LogP contribution < -0.4 is 0 Å². The third-order valence-corrected chi connectivity index (χ3v) is 0.309. The summed E-state index contributed by atoms with van der Waals surface area (Å²) in [7, 11) is 0. The Hall–Kier alpha value is 0.470. The number of hydrogen-bond acceptors (Lipinski definition) is 1. The van der Waals surface area contributed by atoms with E-state index in [9.17, 15) is 4.79 Å². The normalized spacial score (nSPS) is 8.14. The SMILES string of the molecule is C/C=C/C(=O)O.[Ca]. The van der Waals surface area contributed by atoms with Crippen LogP contribution in [0.1, 0.15) is 6.92 Å². The van der Waals surface area contributed by atoms with Crippen LogP contribution in [0.25, 0.3) is 0 Å². The van der Waals surface area contributed by atoms with Crippen LogP contribution >= 0.6 is 0 Å². The molecular formula is C4H6CaO2. The van der Waals surface area contributed by atoms with E-state index in [1.807, 2.05) is 0 Å². The Morgan fingerprint density at radius 1 is 1.71 bits per heavy atom. The zero-order valence-electron chi connectivity index (χ0n) is 4.22. The molecule has 0 aromatic rings. The number of aliphatic carboxylic acids is 1. The first-order valence-electron chi connectivity index (χ1n) is 1.63. The maximum atomic E-state index is 9.51. The van der Waals surface area contributed by atoms with Crippen molar-refractivity contribution in [2.45, 2.75) is 6.92 Å². The molecule has 0 bridgehead atoms. The van der Waals surface area contributed by atoms with E-state index >= 15 is 0 Å². The average Bonchev–Trinajstić information content (AvgIpc) is 1.35. The largest absolute Gasteiger partial charge is 0.478 e. The minimum atomic E-state index is -0.891. The maximum Gasteiger partial charge on any atom is 0.327 e. The van der Waals surface area contributed by atoms with Crippen molar-refractivity contribution in [2.75, 3.05) is 0 Å². The Bertz CT molecular complexity index is 77.8. The predicted molar refractivity (Wildman–Crippen MR) is 28.2 cm³/mol. The number of carboxylic acids is 1. The van der Waals surface area contributed by atoms with E-state index in [-0.39, 0.29) is 37.7 Å². The van der Waals surface area contributed by atoms with Crippen molar-refractivity contribution in [3.8, 4) is 0 Å². The number of carboxylic acid groups (broad SMARTS) is 1. The van der Waals surface area contributed by atoms with E-state index in [2.05, 4.69) is 0 Å². The first kappa shape index (κ1) is 10.5. The Morgan fingerprint density at radius 2 is 2.14 bits per heavy atom. The number of allylic oxidation sites excluding steroid dienone is 1. The molecule has 0 atom stereocenters. The van der Waals surface area contributed by atoms with Gasteiger partial charge in [-0.05, 0) is 6.92 Å². The van der Waals surface area contributed by atoms with Gasteiger partial charge in [-0.3, -0.25) is 0 Å². The van der Waals surface area contributed by atoms with Crippen molar-refractivity contribution >= 4 is 43.7 Å². The molecular weight excluding hydrogens is 120 g/mol. The van der Waals surface area contributed by atoms with Crippen LogP contribution in [-0.4, -0.2) is 48.8 Å². The Balaban J connectivity index is 0. The summed E-state index contributed by atoms with van der Waals surface area (Å²) in [5.74, 6) is -0.891. The van der Waals surface area contributed by atoms with Gasteiger partial charge in [0.05, 0.1) is 0 Å². The molecule has 7 heavy (non-hydrogen) atoms. The molecule has 0 aromatic heterocycles. The van der Waals surface area contributed by atoms with Gasteiger partial charge in [0.15, 0.2) is 0 Å². The summed E-state index contributed by atoms with van der Waals surface area (Å²) in [4.78, 5) is 9.51. The summed E-state index contributed by atoms with van der Waals surface area (Å²) in [6.07, 6.45) is 2.56. The standard InChI is InChI=1S/C4H6O2.Ca/c1-2-3-4(5)6;/h2-3H,1H3,(H,5,6);/b3-2+;. The average molecular weight is 126 g/mol.